The summed E-state index contributed by atoms with van der Waals surface area (Å²) in [4.78, 5) is 16.0. The highest BCUT2D eigenvalue weighted by atomic mass is 16.5. The molecule has 0 atom stereocenters. The van der Waals surface area contributed by atoms with E-state index < -0.39 is 5.60 Å². The van der Waals surface area contributed by atoms with Crippen molar-refractivity contribution in [1.29, 1.82) is 0 Å². The maximum absolute atomic E-state index is 11.8. The van der Waals surface area contributed by atoms with Gasteiger partial charge in [0.2, 0.25) is 11.7 Å². The molecule has 3 N–H and O–H groups in total. The SMILES string of the molecule is O=C(CC1(O)CCCC1)NNc1nc(-c2ccccc2)no1. The summed E-state index contributed by atoms with van der Waals surface area (Å²) in [5.74, 6) is 0.135. The van der Waals surface area contributed by atoms with Crippen LogP contribution in [0, 0.1) is 0 Å². The van der Waals surface area contributed by atoms with Crippen molar-refractivity contribution in [1.82, 2.24) is 15.6 Å². The summed E-state index contributed by atoms with van der Waals surface area (Å²) in [6.45, 7) is 0. The van der Waals surface area contributed by atoms with E-state index in [1.54, 1.807) is 0 Å². The lowest BCUT2D eigenvalue weighted by Crippen LogP contribution is -2.37. The predicted molar refractivity (Wildman–Crippen MR) is 79.5 cm³/mol. The fraction of sp³-hybridized carbons (Fsp3) is 0.400. The number of hydrogen-bond donors (Lipinski definition) is 3. The third-order valence-corrected chi connectivity index (χ3v) is 3.79. The number of benzene rings is 1. The van der Waals surface area contributed by atoms with Crippen molar-refractivity contribution in [3.05, 3.63) is 30.3 Å². The Bertz CT molecular complexity index is 635. The highest BCUT2D eigenvalue weighted by Crippen LogP contribution is 2.32. The van der Waals surface area contributed by atoms with E-state index in [0.717, 1.165) is 18.4 Å². The average Bonchev–Trinajstić information content (AvgIpc) is 3.15. The minimum Gasteiger partial charge on any atom is -0.389 e. The molecule has 116 valence electrons. The van der Waals surface area contributed by atoms with Gasteiger partial charge in [-0.1, -0.05) is 48.3 Å². The highest BCUT2D eigenvalue weighted by Gasteiger charge is 2.33. The number of nitrogens with one attached hydrogen (secondary N) is 2. The van der Waals surface area contributed by atoms with Crippen molar-refractivity contribution in [2.45, 2.75) is 37.7 Å². The molecule has 1 heterocycles. The minimum atomic E-state index is -0.879. The average molecular weight is 302 g/mol. The Morgan fingerprint density at radius 1 is 1.27 bits per heavy atom. The van der Waals surface area contributed by atoms with Crippen LogP contribution in [-0.2, 0) is 4.79 Å². The number of amides is 1. The second-order valence-electron chi connectivity index (χ2n) is 5.57. The van der Waals surface area contributed by atoms with Crippen LogP contribution in [-0.4, -0.2) is 26.8 Å². The summed E-state index contributed by atoms with van der Waals surface area (Å²) in [5, 5.41) is 14.0. The molecule has 1 saturated carbocycles. The zero-order chi connectivity index (χ0) is 15.4. The number of aliphatic hydroxyl groups is 1. The normalized spacial score (nSPS) is 16.4. The van der Waals surface area contributed by atoms with E-state index in [0.29, 0.717) is 18.7 Å². The summed E-state index contributed by atoms with van der Waals surface area (Å²) in [6, 6.07) is 9.49. The van der Waals surface area contributed by atoms with Crippen LogP contribution in [0.5, 0.6) is 0 Å². The maximum Gasteiger partial charge on any atom is 0.340 e. The Kier molecular flexibility index (Phi) is 4.06. The fourth-order valence-corrected chi connectivity index (χ4v) is 2.65. The van der Waals surface area contributed by atoms with Crippen LogP contribution in [0.25, 0.3) is 11.4 Å². The number of nitrogens with zero attached hydrogens (tertiary/aromatic N) is 2. The van der Waals surface area contributed by atoms with Crippen molar-refractivity contribution in [3.8, 4) is 11.4 Å². The molecule has 1 fully saturated rings. The smallest absolute Gasteiger partial charge is 0.340 e. The lowest BCUT2D eigenvalue weighted by molar-refractivity contribution is -0.125. The van der Waals surface area contributed by atoms with Gasteiger partial charge in [-0.2, -0.15) is 4.98 Å². The van der Waals surface area contributed by atoms with E-state index >= 15 is 0 Å². The maximum atomic E-state index is 11.8. The van der Waals surface area contributed by atoms with Crippen LogP contribution in [0.2, 0.25) is 0 Å². The molecule has 2 aromatic rings. The summed E-state index contributed by atoms with van der Waals surface area (Å²) in [7, 11) is 0. The van der Waals surface area contributed by atoms with E-state index in [2.05, 4.69) is 21.0 Å². The number of hydrazine groups is 1. The molecule has 0 spiro atoms. The molecule has 0 bridgehead atoms. The molecular weight excluding hydrogens is 284 g/mol. The Labute approximate surface area is 127 Å². The van der Waals surface area contributed by atoms with Crippen molar-refractivity contribution >= 4 is 11.9 Å². The van der Waals surface area contributed by atoms with Gasteiger partial charge in [0.15, 0.2) is 0 Å². The second-order valence-corrected chi connectivity index (χ2v) is 5.57. The zero-order valence-electron chi connectivity index (χ0n) is 12.1. The van der Waals surface area contributed by atoms with E-state index in [9.17, 15) is 9.90 Å². The predicted octanol–water partition coefficient (Wildman–Crippen LogP) is 1.87. The van der Waals surface area contributed by atoms with Gasteiger partial charge in [0.1, 0.15) is 0 Å². The van der Waals surface area contributed by atoms with Crippen LogP contribution in [0.4, 0.5) is 6.01 Å². The molecule has 1 aliphatic carbocycles. The van der Waals surface area contributed by atoms with Gasteiger partial charge >= 0.3 is 6.01 Å². The number of rotatable bonds is 5. The molecule has 1 aliphatic rings. The Morgan fingerprint density at radius 2 is 2.00 bits per heavy atom. The third kappa shape index (κ3) is 3.43. The minimum absolute atomic E-state index is 0.0691. The molecule has 3 rings (SSSR count). The van der Waals surface area contributed by atoms with Crippen LogP contribution in [0.3, 0.4) is 0 Å². The molecule has 1 aromatic heterocycles. The van der Waals surface area contributed by atoms with Crippen LogP contribution >= 0.6 is 0 Å². The largest absolute Gasteiger partial charge is 0.389 e. The fourth-order valence-electron chi connectivity index (χ4n) is 2.65. The first-order valence-electron chi connectivity index (χ1n) is 7.31. The summed E-state index contributed by atoms with van der Waals surface area (Å²) in [6.07, 6.45) is 3.32. The number of aromatic nitrogens is 2. The highest BCUT2D eigenvalue weighted by molar-refractivity contribution is 5.78. The standard InChI is InChI=1S/C15H18N4O3/c20-12(10-15(21)8-4-5-9-15)17-18-14-16-13(19-22-14)11-6-2-1-3-7-11/h1-3,6-7,21H,4-5,8-10H2,(H,17,20)(H,16,18,19). The second kappa shape index (κ2) is 6.15. The number of carbonyl (C=O) groups is 1. The number of carbonyl (C=O) groups excluding carboxylic acids is 1. The molecule has 7 nitrogen and oxygen atoms in total. The summed E-state index contributed by atoms with van der Waals surface area (Å²) < 4.78 is 5.02. The molecule has 1 amide bonds. The Hall–Kier alpha value is -2.41. The van der Waals surface area contributed by atoms with Gasteiger partial charge in [-0.3, -0.25) is 10.2 Å². The zero-order valence-corrected chi connectivity index (χ0v) is 12.1. The monoisotopic (exact) mass is 302 g/mol. The van der Waals surface area contributed by atoms with Gasteiger partial charge in [0.05, 0.1) is 12.0 Å². The van der Waals surface area contributed by atoms with Crippen molar-refractivity contribution in [3.63, 3.8) is 0 Å². The first-order chi connectivity index (χ1) is 10.6. The first-order valence-corrected chi connectivity index (χ1v) is 7.31. The topological polar surface area (TPSA) is 100 Å². The van der Waals surface area contributed by atoms with E-state index in [1.807, 2.05) is 30.3 Å². The quantitative estimate of drug-likeness (QED) is 0.729. The van der Waals surface area contributed by atoms with Gasteiger partial charge in [0.25, 0.3) is 0 Å². The van der Waals surface area contributed by atoms with Crippen molar-refractivity contribution in [2.75, 3.05) is 5.43 Å². The number of anilines is 1. The van der Waals surface area contributed by atoms with Crippen LogP contribution < -0.4 is 10.9 Å². The van der Waals surface area contributed by atoms with Crippen molar-refractivity contribution < 1.29 is 14.4 Å². The number of hydrogen-bond acceptors (Lipinski definition) is 6. The molecular formula is C15H18N4O3. The molecule has 1 aromatic carbocycles. The van der Waals surface area contributed by atoms with Gasteiger partial charge in [-0.15, -0.1) is 0 Å². The molecule has 0 saturated heterocycles. The summed E-state index contributed by atoms with van der Waals surface area (Å²) >= 11 is 0. The molecule has 0 aliphatic heterocycles. The van der Waals surface area contributed by atoms with E-state index in [4.69, 9.17) is 4.52 Å². The lowest BCUT2D eigenvalue weighted by Gasteiger charge is -2.20. The molecule has 0 radical (unpaired) electrons. The molecule has 0 unspecified atom stereocenters. The Morgan fingerprint density at radius 3 is 2.73 bits per heavy atom. The van der Waals surface area contributed by atoms with Crippen LogP contribution in [0.1, 0.15) is 32.1 Å². The van der Waals surface area contributed by atoms with Gasteiger partial charge in [-0.25, -0.2) is 5.43 Å². The first kappa shape index (κ1) is 14.5. The van der Waals surface area contributed by atoms with Gasteiger partial charge in [-0.05, 0) is 12.8 Å². The molecule has 22 heavy (non-hydrogen) atoms. The molecule has 7 heteroatoms. The van der Waals surface area contributed by atoms with Gasteiger partial charge in [0, 0.05) is 5.56 Å². The summed E-state index contributed by atoms with van der Waals surface area (Å²) in [5.41, 5.74) is 4.99. The Balaban J connectivity index is 1.54. The third-order valence-electron chi connectivity index (χ3n) is 3.79. The van der Waals surface area contributed by atoms with Gasteiger partial charge < -0.3 is 9.63 Å². The van der Waals surface area contributed by atoms with E-state index in [-0.39, 0.29) is 18.3 Å². The lowest BCUT2D eigenvalue weighted by atomic mass is 9.98. The van der Waals surface area contributed by atoms with Crippen molar-refractivity contribution in [2.24, 2.45) is 0 Å². The van der Waals surface area contributed by atoms with E-state index in [1.165, 1.54) is 0 Å². The van der Waals surface area contributed by atoms with Crippen LogP contribution in [0.15, 0.2) is 34.9 Å².